The van der Waals surface area contributed by atoms with Gasteiger partial charge in [-0.1, -0.05) is 17.7 Å². The number of methoxy groups -OCH3 is 1. The molecule has 1 fully saturated rings. The lowest BCUT2D eigenvalue weighted by atomic mass is 10.1. The summed E-state index contributed by atoms with van der Waals surface area (Å²) in [6, 6.07) is 9.50. The number of nitrogens with one attached hydrogen (secondary N) is 1. The Morgan fingerprint density at radius 2 is 2.00 bits per heavy atom. The summed E-state index contributed by atoms with van der Waals surface area (Å²) in [6.07, 6.45) is 2.02. The number of rotatable bonds is 5. The van der Waals surface area contributed by atoms with E-state index in [1.165, 1.54) is 13.2 Å². The second kappa shape index (κ2) is 7.61. The monoisotopic (exact) mass is 375 g/mol. The van der Waals surface area contributed by atoms with Crippen molar-refractivity contribution in [1.29, 1.82) is 0 Å². The molecule has 8 heteroatoms. The van der Waals surface area contributed by atoms with Gasteiger partial charge in [-0.25, -0.2) is 0 Å². The van der Waals surface area contributed by atoms with Crippen molar-refractivity contribution in [3.63, 3.8) is 0 Å². The zero-order valence-corrected chi connectivity index (χ0v) is 15.0. The molecule has 0 aromatic heterocycles. The summed E-state index contributed by atoms with van der Waals surface area (Å²) >= 11 is 6.05. The van der Waals surface area contributed by atoms with Crippen LogP contribution in [0.15, 0.2) is 36.4 Å². The van der Waals surface area contributed by atoms with Gasteiger partial charge in [-0.15, -0.1) is 0 Å². The maximum absolute atomic E-state index is 12.6. The molecule has 1 aliphatic heterocycles. The van der Waals surface area contributed by atoms with Crippen molar-refractivity contribution in [3.8, 4) is 5.75 Å². The Morgan fingerprint density at radius 1 is 1.27 bits per heavy atom. The largest absolute Gasteiger partial charge is 0.493 e. The SMILES string of the molecule is COc1c(Cl)cccc1NC(=O)c1ccc(N2CCCC2)c([N+](=O)[O-])c1. The molecule has 136 valence electrons. The lowest BCUT2D eigenvalue weighted by Gasteiger charge is -2.18. The fourth-order valence-corrected chi connectivity index (χ4v) is 3.30. The molecule has 0 bridgehead atoms. The van der Waals surface area contributed by atoms with Gasteiger partial charge in [-0.3, -0.25) is 14.9 Å². The van der Waals surface area contributed by atoms with Gasteiger partial charge in [0.1, 0.15) is 5.69 Å². The maximum Gasteiger partial charge on any atom is 0.293 e. The number of amides is 1. The molecule has 0 radical (unpaired) electrons. The average Bonchev–Trinajstić information content (AvgIpc) is 3.16. The Bertz CT molecular complexity index is 850. The normalized spacial score (nSPS) is 13.5. The summed E-state index contributed by atoms with van der Waals surface area (Å²) < 4.78 is 5.20. The molecule has 0 unspecified atom stereocenters. The van der Waals surface area contributed by atoms with Gasteiger partial charge in [-0.05, 0) is 37.1 Å². The van der Waals surface area contributed by atoms with Crippen LogP contribution >= 0.6 is 11.6 Å². The van der Waals surface area contributed by atoms with E-state index in [0.717, 1.165) is 25.9 Å². The van der Waals surface area contributed by atoms with Crippen molar-refractivity contribution < 1.29 is 14.5 Å². The molecule has 1 aliphatic rings. The highest BCUT2D eigenvalue weighted by molar-refractivity contribution is 6.32. The van der Waals surface area contributed by atoms with Crippen LogP contribution in [-0.2, 0) is 0 Å². The second-order valence-electron chi connectivity index (χ2n) is 5.93. The minimum absolute atomic E-state index is 0.0717. The first-order valence-corrected chi connectivity index (χ1v) is 8.56. The lowest BCUT2D eigenvalue weighted by molar-refractivity contribution is -0.384. The number of para-hydroxylation sites is 1. The number of carbonyl (C=O) groups excluding carboxylic acids is 1. The number of nitrogens with zero attached hydrogens (tertiary/aromatic N) is 2. The van der Waals surface area contributed by atoms with Crippen LogP contribution < -0.4 is 15.0 Å². The highest BCUT2D eigenvalue weighted by atomic mass is 35.5. The van der Waals surface area contributed by atoms with E-state index < -0.39 is 10.8 Å². The van der Waals surface area contributed by atoms with Crippen molar-refractivity contribution in [2.45, 2.75) is 12.8 Å². The molecule has 1 N–H and O–H groups in total. The van der Waals surface area contributed by atoms with Crippen LogP contribution in [0.25, 0.3) is 0 Å². The van der Waals surface area contributed by atoms with E-state index in [-0.39, 0.29) is 11.3 Å². The van der Waals surface area contributed by atoms with Gasteiger partial charge in [0, 0.05) is 24.7 Å². The average molecular weight is 376 g/mol. The molecule has 1 saturated heterocycles. The van der Waals surface area contributed by atoms with Gasteiger partial charge in [0.2, 0.25) is 0 Å². The summed E-state index contributed by atoms with van der Waals surface area (Å²) in [5.41, 5.74) is 1.07. The Morgan fingerprint density at radius 3 is 2.65 bits per heavy atom. The number of halogens is 1. The predicted octanol–water partition coefficient (Wildman–Crippen LogP) is 4.11. The van der Waals surface area contributed by atoms with Crippen LogP contribution in [0.1, 0.15) is 23.2 Å². The van der Waals surface area contributed by atoms with Crippen molar-refractivity contribution in [1.82, 2.24) is 0 Å². The summed E-state index contributed by atoms with van der Waals surface area (Å²) in [5.74, 6) is -0.132. The standard InChI is InChI=1S/C18H18ClN3O4/c1-26-17-13(19)5-4-6-14(17)20-18(23)12-7-8-15(16(11-12)22(24)25)21-9-2-3-10-21/h4-8,11H,2-3,9-10H2,1H3,(H,20,23). The van der Waals surface area contributed by atoms with Crippen LogP contribution in [0.5, 0.6) is 5.75 Å². The number of anilines is 2. The Hall–Kier alpha value is -2.80. The van der Waals surface area contributed by atoms with Crippen LogP contribution in [0.4, 0.5) is 17.1 Å². The molecule has 0 saturated carbocycles. The predicted molar refractivity (Wildman–Crippen MR) is 101 cm³/mol. The van der Waals surface area contributed by atoms with E-state index in [4.69, 9.17) is 16.3 Å². The van der Waals surface area contributed by atoms with Crippen LogP contribution in [0, 0.1) is 10.1 Å². The van der Waals surface area contributed by atoms with Crippen molar-refractivity contribution in [2.24, 2.45) is 0 Å². The topological polar surface area (TPSA) is 84.7 Å². The Labute approximate surface area is 155 Å². The number of nitro benzene ring substituents is 1. The van der Waals surface area contributed by atoms with Gasteiger partial charge in [0.05, 0.1) is 22.7 Å². The molecule has 0 aliphatic carbocycles. The van der Waals surface area contributed by atoms with E-state index in [1.807, 2.05) is 4.90 Å². The van der Waals surface area contributed by atoms with Crippen LogP contribution in [-0.4, -0.2) is 31.0 Å². The highest BCUT2D eigenvalue weighted by Gasteiger charge is 2.24. The van der Waals surface area contributed by atoms with Crippen molar-refractivity contribution in [2.75, 3.05) is 30.4 Å². The molecule has 2 aromatic rings. The van der Waals surface area contributed by atoms with Crippen LogP contribution in [0.3, 0.4) is 0 Å². The quantitative estimate of drug-likeness (QED) is 0.628. The highest BCUT2D eigenvalue weighted by Crippen LogP contribution is 2.34. The maximum atomic E-state index is 12.6. The van der Waals surface area contributed by atoms with E-state index in [0.29, 0.717) is 22.1 Å². The molecular formula is C18H18ClN3O4. The van der Waals surface area contributed by atoms with Crippen molar-refractivity contribution >= 4 is 34.6 Å². The molecule has 3 rings (SSSR count). The van der Waals surface area contributed by atoms with Crippen molar-refractivity contribution in [3.05, 3.63) is 57.1 Å². The third kappa shape index (κ3) is 3.57. The van der Waals surface area contributed by atoms with E-state index in [1.54, 1.807) is 30.3 Å². The van der Waals surface area contributed by atoms with Gasteiger partial charge in [0.15, 0.2) is 5.75 Å². The fourth-order valence-electron chi connectivity index (χ4n) is 3.05. The molecule has 1 amide bonds. The molecule has 1 heterocycles. The smallest absolute Gasteiger partial charge is 0.293 e. The molecule has 2 aromatic carbocycles. The second-order valence-corrected chi connectivity index (χ2v) is 6.34. The lowest BCUT2D eigenvalue weighted by Crippen LogP contribution is -2.20. The first-order chi connectivity index (χ1) is 12.5. The Kier molecular flexibility index (Phi) is 5.27. The first-order valence-electron chi connectivity index (χ1n) is 8.18. The van der Waals surface area contributed by atoms with Gasteiger partial charge in [0.25, 0.3) is 11.6 Å². The number of benzene rings is 2. The van der Waals surface area contributed by atoms with E-state index >= 15 is 0 Å². The third-order valence-electron chi connectivity index (χ3n) is 4.30. The number of ether oxygens (including phenoxy) is 1. The van der Waals surface area contributed by atoms with Gasteiger partial charge < -0.3 is 15.0 Å². The Balaban J connectivity index is 1.89. The van der Waals surface area contributed by atoms with Crippen LogP contribution in [0.2, 0.25) is 5.02 Å². The molecule has 0 atom stereocenters. The molecule has 0 spiro atoms. The fraction of sp³-hybridized carbons (Fsp3) is 0.278. The van der Waals surface area contributed by atoms with Gasteiger partial charge in [-0.2, -0.15) is 0 Å². The van der Waals surface area contributed by atoms with Gasteiger partial charge >= 0.3 is 0 Å². The number of hydrogen-bond donors (Lipinski definition) is 1. The summed E-state index contributed by atoms with van der Waals surface area (Å²) in [6.45, 7) is 1.57. The third-order valence-corrected chi connectivity index (χ3v) is 4.60. The number of nitro groups is 1. The zero-order chi connectivity index (χ0) is 18.7. The van der Waals surface area contributed by atoms with E-state index in [2.05, 4.69) is 5.32 Å². The first kappa shape index (κ1) is 18.0. The summed E-state index contributed by atoms with van der Waals surface area (Å²) in [5, 5.41) is 14.5. The molecule has 7 nitrogen and oxygen atoms in total. The minimum Gasteiger partial charge on any atom is -0.493 e. The number of hydrogen-bond acceptors (Lipinski definition) is 5. The minimum atomic E-state index is -0.471. The molecule has 26 heavy (non-hydrogen) atoms. The summed E-state index contributed by atoms with van der Waals surface area (Å²) in [7, 11) is 1.45. The number of carbonyl (C=O) groups is 1. The molecular weight excluding hydrogens is 358 g/mol. The van der Waals surface area contributed by atoms with E-state index in [9.17, 15) is 14.9 Å². The summed E-state index contributed by atoms with van der Waals surface area (Å²) in [4.78, 5) is 25.5. The zero-order valence-electron chi connectivity index (χ0n) is 14.2.